The van der Waals surface area contributed by atoms with Crippen LogP contribution in [0.3, 0.4) is 0 Å². The van der Waals surface area contributed by atoms with Crippen molar-refractivity contribution in [3.63, 3.8) is 0 Å². The molecule has 108 valence electrons. The smallest absolute Gasteiger partial charge is 0.246 e. The molecule has 0 aromatic heterocycles. The zero-order valence-electron chi connectivity index (χ0n) is 11.4. The molecule has 1 saturated heterocycles. The van der Waals surface area contributed by atoms with Crippen molar-refractivity contribution >= 4 is 17.5 Å². The summed E-state index contributed by atoms with van der Waals surface area (Å²) in [4.78, 5) is 24.5. The molecule has 0 radical (unpaired) electrons. The molecule has 0 spiro atoms. The number of nitrogens with one attached hydrogen (secondary N) is 2. The van der Waals surface area contributed by atoms with Crippen LogP contribution in [0.4, 0.5) is 10.1 Å². The molecule has 0 aliphatic carbocycles. The van der Waals surface area contributed by atoms with E-state index in [9.17, 15) is 14.0 Å². The number of nitrogens with zero attached hydrogens (tertiary/aromatic N) is 1. The van der Waals surface area contributed by atoms with Crippen molar-refractivity contribution in [2.75, 3.05) is 24.5 Å². The minimum absolute atomic E-state index is 0.109. The van der Waals surface area contributed by atoms with E-state index in [0.29, 0.717) is 6.54 Å². The van der Waals surface area contributed by atoms with Gasteiger partial charge >= 0.3 is 0 Å². The van der Waals surface area contributed by atoms with Crippen molar-refractivity contribution in [3.05, 3.63) is 29.6 Å². The predicted octanol–water partition coefficient (Wildman–Crippen LogP) is 0.788. The van der Waals surface area contributed by atoms with E-state index in [1.165, 1.54) is 12.1 Å². The van der Waals surface area contributed by atoms with Gasteiger partial charge in [-0.05, 0) is 36.7 Å². The molecule has 20 heavy (non-hydrogen) atoms. The Bertz CT molecular complexity index is 503. The first-order valence-electron chi connectivity index (χ1n) is 6.67. The molecule has 0 bridgehead atoms. The Labute approximate surface area is 117 Å². The summed E-state index contributed by atoms with van der Waals surface area (Å²) in [5.41, 5.74) is 1.47. The SMILES string of the molecule is CCCNCc1cc(F)ccc1N1CC(=O)NC(=O)C1. The van der Waals surface area contributed by atoms with Crippen LogP contribution in [0.15, 0.2) is 18.2 Å². The third-order valence-electron chi connectivity index (χ3n) is 3.07. The topological polar surface area (TPSA) is 61.4 Å². The molecule has 2 rings (SSSR count). The number of rotatable bonds is 5. The van der Waals surface area contributed by atoms with Gasteiger partial charge in [0.05, 0.1) is 13.1 Å². The van der Waals surface area contributed by atoms with Crippen LogP contribution in [-0.2, 0) is 16.1 Å². The summed E-state index contributed by atoms with van der Waals surface area (Å²) >= 11 is 0. The molecule has 2 amide bonds. The highest BCUT2D eigenvalue weighted by Gasteiger charge is 2.24. The molecule has 0 saturated carbocycles. The summed E-state index contributed by atoms with van der Waals surface area (Å²) < 4.78 is 13.4. The number of piperazine rings is 1. The van der Waals surface area contributed by atoms with Gasteiger partial charge in [-0.2, -0.15) is 0 Å². The maximum atomic E-state index is 13.4. The minimum atomic E-state index is -0.335. The highest BCUT2D eigenvalue weighted by molar-refractivity contribution is 6.02. The number of anilines is 1. The van der Waals surface area contributed by atoms with Gasteiger partial charge in [0.25, 0.3) is 0 Å². The molecular weight excluding hydrogens is 261 g/mol. The number of halogens is 1. The largest absolute Gasteiger partial charge is 0.353 e. The lowest BCUT2D eigenvalue weighted by Gasteiger charge is -2.29. The summed E-state index contributed by atoms with van der Waals surface area (Å²) in [6, 6.07) is 4.40. The van der Waals surface area contributed by atoms with Crippen molar-refractivity contribution in [1.82, 2.24) is 10.6 Å². The van der Waals surface area contributed by atoms with Gasteiger partial charge in [0.2, 0.25) is 11.8 Å². The average Bonchev–Trinajstić information content (AvgIpc) is 2.38. The van der Waals surface area contributed by atoms with Gasteiger partial charge in [-0.15, -0.1) is 0 Å². The number of carbonyl (C=O) groups is 2. The number of carbonyl (C=O) groups excluding carboxylic acids is 2. The summed E-state index contributed by atoms with van der Waals surface area (Å²) in [5, 5.41) is 5.45. The second-order valence-corrected chi connectivity index (χ2v) is 4.78. The number of hydrogen-bond acceptors (Lipinski definition) is 4. The zero-order chi connectivity index (χ0) is 14.5. The van der Waals surface area contributed by atoms with E-state index in [-0.39, 0.29) is 30.7 Å². The third kappa shape index (κ3) is 3.54. The van der Waals surface area contributed by atoms with Crippen LogP contribution >= 0.6 is 0 Å². The third-order valence-corrected chi connectivity index (χ3v) is 3.07. The monoisotopic (exact) mass is 279 g/mol. The molecule has 1 fully saturated rings. The number of amides is 2. The Morgan fingerprint density at radius 3 is 2.65 bits per heavy atom. The van der Waals surface area contributed by atoms with Crippen molar-refractivity contribution in [3.8, 4) is 0 Å². The highest BCUT2D eigenvalue weighted by atomic mass is 19.1. The molecule has 2 N–H and O–H groups in total. The van der Waals surface area contributed by atoms with Crippen LogP contribution < -0.4 is 15.5 Å². The fourth-order valence-electron chi connectivity index (χ4n) is 2.21. The minimum Gasteiger partial charge on any atom is -0.353 e. The Hall–Kier alpha value is -1.95. The van der Waals surface area contributed by atoms with Crippen molar-refractivity contribution in [2.24, 2.45) is 0 Å². The van der Waals surface area contributed by atoms with E-state index in [1.807, 2.05) is 6.92 Å². The number of hydrogen-bond donors (Lipinski definition) is 2. The van der Waals surface area contributed by atoms with Gasteiger partial charge in [0.1, 0.15) is 5.82 Å². The number of imide groups is 1. The summed E-state index contributed by atoms with van der Waals surface area (Å²) in [7, 11) is 0. The van der Waals surface area contributed by atoms with E-state index >= 15 is 0 Å². The molecular formula is C14H18FN3O2. The molecule has 1 heterocycles. The Balaban J connectivity index is 2.20. The second kappa shape index (κ2) is 6.47. The maximum Gasteiger partial charge on any atom is 0.246 e. The van der Waals surface area contributed by atoms with Crippen LogP contribution in [0.1, 0.15) is 18.9 Å². The van der Waals surface area contributed by atoms with Gasteiger partial charge in [-0.25, -0.2) is 4.39 Å². The molecule has 1 aliphatic rings. The Morgan fingerprint density at radius 1 is 1.30 bits per heavy atom. The van der Waals surface area contributed by atoms with Gasteiger partial charge in [-0.1, -0.05) is 6.92 Å². The van der Waals surface area contributed by atoms with Crippen molar-refractivity contribution in [2.45, 2.75) is 19.9 Å². The highest BCUT2D eigenvalue weighted by Crippen LogP contribution is 2.22. The van der Waals surface area contributed by atoms with Crippen LogP contribution in [0.5, 0.6) is 0 Å². The summed E-state index contributed by atoms with van der Waals surface area (Å²) in [5.74, 6) is -0.995. The fourth-order valence-corrected chi connectivity index (χ4v) is 2.21. The Kier molecular flexibility index (Phi) is 4.68. The first kappa shape index (κ1) is 14.5. The maximum absolute atomic E-state index is 13.4. The van der Waals surface area contributed by atoms with Crippen LogP contribution in [-0.4, -0.2) is 31.4 Å². The molecule has 0 unspecified atom stereocenters. The number of benzene rings is 1. The van der Waals surface area contributed by atoms with E-state index < -0.39 is 0 Å². The van der Waals surface area contributed by atoms with Gasteiger partial charge in [-0.3, -0.25) is 14.9 Å². The van der Waals surface area contributed by atoms with E-state index in [2.05, 4.69) is 10.6 Å². The lowest BCUT2D eigenvalue weighted by atomic mass is 10.1. The molecule has 1 aromatic rings. The molecule has 1 aliphatic heterocycles. The first-order valence-corrected chi connectivity index (χ1v) is 6.67. The molecule has 1 aromatic carbocycles. The molecule has 0 atom stereocenters. The van der Waals surface area contributed by atoms with Crippen molar-refractivity contribution < 1.29 is 14.0 Å². The predicted molar refractivity (Wildman–Crippen MR) is 73.8 cm³/mol. The van der Waals surface area contributed by atoms with Crippen LogP contribution in [0, 0.1) is 5.82 Å². The lowest BCUT2D eigenvalue weighted by Crippen LogP contribution is -2.51. The quantitative estimate of drug-likeness (QED) is 0.618. The van der Waals surface area contributed by atoms with Crippen LogP contribution in [0.25, 0.3) is 0 Å². The van der Waals surface area contributed by atoms with Gasteiger partial charge in [0.15, 0.2) is 0 Å². The average molecular weight is 279 g/mol. The van der Waals surface area contributed by atoms with Crippen molar-refractivity contribution in [1.29, 1.82) is 0 Å². The lowest BCUT2D eigenvalue weighted by molar-refractivity contribution is -0.130. The van der Waals surface area contributed by atoms with Crippen LogP contribution in [0.2, 0.25) is 0 Å². The summed E-state index contributed by atoms with van der Waals surface area (Å²) in [6.45, 7) is 3.60. The normalized spacial score (nSPS) is 15.4. The zero-order valence-corrected chi connectivity index (χ0v) is 11.4. The fraction of sp³-hybridized carbons (Fsp3) is 0.429. The van der Waals surface area contributed by atoms with E-state index in [4.69, 9.17) is 0 Å². The van der Waals surface area contributed by atoms with E-state index in [1.54, 1.807) is 11.0 Å². The van der Waals surface area contributed by atoms with Gasteiger partial charge in [0, 0.05) is 12.2 Å². The molecule has 6 heteroatoms. The molecule has 5 nitrogen and oxygen atoms in total. The summed E-state index contributed by atoms with van der Waals surface area (Å²) in [6.07, 6.45) is 0.981. The first-order chi connectivity index (χ1) is 9.60. The van der Waals surface area contributed by atoms with Gasteiger partial charge < -0.3 is 10.2 Å². The Morgan fingerprint density at radius 2 is 2.00 bits per heavy atom. The standard InChI is InChI=1S/C14H18FN3O2/c1-2-5-16-7-10-6-11(15)3-4-12(10)18-8-13(19)17-14(20)9-18/h3-4,6,16H,2,5,7-9H2,1H3,(H,17,19,20). The second-order valence-electron chi connectivity index (χ2n) is 4.78. The van der Waals surface area contributed by atoms with E-state index in [0.717, 1.165) is 24.2 Å².